The predicted octanol–water partition coefficient (Wildman–Crippen LogP) is 3.56. The van der Waals surface area contributed by atoms with E-state index in [4.69, 9.17) is 0 Å². The molecule has 2 N–H and O–H groups in total. The lowest BCUT2D eigenvalue weighted by atomic mass is 9.86. The number of nitrogens with one attached hydrogen (secondary N) is 2. The second kappa shape index (κ2) is 9.04. The highest BCUT2D eigenvalue weighted by Crippen LogP contribution is 2.25. The third-order valence-corrected chi connectivity index (χ3v) is 5.34. The van der Waals surface area contributed by atoms with Gasteiger partial charge in [-0.25, -0.2) is 4.98 Å². The van der Waals surface area contributed by atoms with Gasteiger partial charge in [0, 0.05) is 44.0 Å². The molecule has 1 aromatic heterocycles. The summed E-state index contributed by atoms with van der Waals surface area (Å²) in [7, 11) is 3.97. The van der Waals surface area contributed by atoms with Gasteiger partial charge in [-0.3, -0.25) is 4.79 Å². The van der Waals surface area contributed by atoms with Crippen LogP contribution >= 0.6 is 0 Å². The molecule has 0 spiro atoms. The topological polar surface area (TPSA) is 70.2 Å². The Morgan fingerprint density at radius 3 is 2.39 bits per heavy atom. The molecule has 1 aliphatic rings. The van der Waals surface area contributed by atoms with Crippen molar-refractivity contribution in [1.29, 1.82) is 0 Å². The molecule has 0 aliphatic heterocycles. The van der Waals surface area contributed by atoms with Crippen molar-refractivity contribution >= 4 is 17.7 Å². The van der Waals surface area contributed by atoms with Crippen molar-refractivity contribution in [1.82, 2.24) is 15.3 Å². The summed E-state index contributed by atoms with van der Waals surface area (Å²) in [6.07, 6.45) is 4.22. The number of hydrogen-bond donors (Lipinski definition) is 2. The van der Waals surface area contributed by atoms with Crippen LogP contribution in [0.4, 0.5) is 11.8 Å². The van der Waals surface area contributed by atoms with Gasteiger partial charge < -0.3 is 15.5 Å². The standard InChI is InChI=1S/C22H31N5O/c1-15-5-9-18(10-6-15)21(28)25-19-11-7-17(8-12-19)14-23-22-24-16(2)13-20(26-22)27(3)4/h5-6,9-10,13,17,19H,7-8,11-12,14H2,1-4H3,(H,25,28)(H,23,24,26)/t17-,19+. The molecule has 1 aromatic carbocycles. The molecule has 1 heterocycles. The molecule has 1 fully saturated rings. The lowest BCUT2D eigenvalue weighted by Gasteiger charge is -2.29. The summed E-state index contributed by atoms with van der Waals surface area (Å²) in [5.74, 6) is 2.22. The lowest BCUT2D eigenvalue weighted by molar-refractivity contribution is 0.0922. The van der Waals surface area contributed by atoms with Crippen LogP contribution in [0.1, 0.15) is 47.3 Å². The zero-order valence-corrected chi connectivity index (χ0v) is 17.3. The predicted molar refractivity (Wildman–Crippen MR) is 114 cm³/mol. The maximum atomic E-state index is 12.4. The summed E-state index contributed by atoms with van der Waals surface area (Å²) in [5, 5.41) is 6.59. The van der Waals surface area contributed by atoms with E-state index in [1.807, 2.05) is 63.2 Å². The van der Waals surface area contributed by atoms with Gasteiger partial charge in [-0.2, -0.15) is 4.98 Å². The van der Waals surface area contributed by atoms with E-state index in [9.17, 15) is 4.79 Å². The Kier molecular flexibility index (Phi) is 6.49. The maximum absolute atomic E-state index is 12.4. The molecule has 2 aromatic rings. The van der Waals surface area contributed by atoms with Crippen molar-refractivity contribution in [3.63, 3.8) is 0 Å². The summed E-state index contributed by atoms with van der Waals surface area (Å²) in [5.41, 5.74) is 2.87. The van der Waals surface area contributed by atoms with Gasteiger partial charge in [0.2, 0.25) is 5.95 Å². The monoisotopic (exact) mass is 381 g/mol. The number of carbonyl (C=O) groups is 1. The molecule has 6 nitrogen and oxygen atoms in total. The van der Waals surface area contributed by atoms with Crippen LogP contribution in [0.25, 0.3) is 0 Å². The largest absolute Gasteiger partial charge is 0.363 e. The van der Waals surface area contributed by atoms with Crippen molar-refractivity contribution in [2.45, 2.75) is 45.6 Å². The highest BCUT2D eigenvalue weighted by molar-refractivity contribution is 5.94. The minimum absolute atomic E-state index is 0.0333. The number of anilines is 2. The van der Waals surface area contributed by atoms with Crippen LogP contribution in [0.15, 0.2) is 30.3 Å². The molecule has 0 atom stereocenters. The quantitative estimate of drug-likeness (QED) is 0.801. The van der Waals surface area contributed by atoms with Gasteiger partial charge in [0.05, 0.1) is 0 Å². The third kappa shape index (κ3) is 5.44. The van der Waals surface area contributed by atoms with Gasteiger partial charge >= 0.3 is 0 Å². The van der Waals surface area contributed by atoms with E-state index in [0.717, 1.165) is 49.3 Å². The maximum Gasteiger partial charge on any atom is 0.251 e. The molecule has 1 amide bonds. The molecule has 6 heteroatoms. The molecule has 0 radical (unpaired) electrons. The van der Waals surface area contributed by atoms with E-state index < -0.39 is 0 Å². The van der Waals surface area contributed by atoms with E-state index in [-0.39, 0.29) is 11.9 Å². The molecule has 0 bridgehead atoms. The first-order valence-electron chi connectivity index (χ1n) is 10.0. The van der Waals surface area contributed by atoms with Crippen molar-refractivity contribution in [2.24, 2.45) is 5.92 Å². The highest BCUT2D eigenvalue weighted by Gasteiger charge is 2.23. The number of amides is 1. The molecular formula is C22H31N5O. The Balaban J connectivity index is 1.45. The molecule has 1 saturated carbocycles. The summed E-state index contributed by atoms with van der Waals surface area (Å²) < 4.78 is 0. The molecule has 0 saturated heterocycles. The number of hydrogen-bond acceptors (Lipinski definition) is 5. The number of carbonyl (C=O) groups excluding carboxylic acids is 1. The van der Waals surface area contributed by atoms with Crippen LogP contribution in [0.3, 0.4) is 0 Å². The van der Waals surface area contributed by atoms with Crippen molar-refractivity contribution in [3.05, 3.63) is 47.2 Å². The molecule has 150 valence electrons. The SMILES string of the molecule is Cc1ccc(C(=O)N[C@H]2CC[C@@H](CNc3nc(C)cc(N(C)C)n3)CC2)cc1. The van der Waals surface area contributed by atoms with Gasteiger partial charge in [-0.05, 0) is 57.6 Å². The first kappa shape index (κ1) is 20.1. The lowest BCUT2D eigenvalue weighted by Crippen LogP contribution is -2.38. The number of rotatable bonds is 6. The van der Waals surface area contributed by atoms with Gasteiger partial charge in [0.25, 0.3) is 5.91 Å². The minimum Gasteiger partial charge on any atom is -0.363 e. The highest BCUT2D eigenvalue weighted by atomic mass is 16.1. The summed E-state index contributed by atoms with van der Waals surface area (Å²) in [6, 6.07) is 9.99. The Labute approximate surface area is 167 Å². The van der Waals surface area contributed by atoms with Crippen LogP contribution < -0.4 is 15.5 Å². The number of aryl methyl sites for hydroxylation is 2. The molecule has 0 unspecified atom stereocenters. The first-order chi connectivity index (χ1) is 13.4. The Morgan fingerprint density at radius 1 is 1.07 bits per heavy atom. The average molecular weight is 382 g/mol. The van der Waals surface area contributed by atoms with Gasteiger partial charge in [0.1, 0.15) is 5.82 Å². The van der Waals surface area contributed by atoms with E-state index >= 15 is 0 Å². The normalized spacial score (nSPS) is 19.1. The smallest absolute Gasteiger partial charge is 0.251 e. The van der Waals surface area contributed by atoms with Crippen LogP contribution in [0, 0.1) is 19.8 Å². The first-order valence-corrected chi connectivity index (χ1v) is 10.0. The van der Waals surface area contributed by atoms with Crippen LogP contribution in [0.5, 0.6) is 0 Å². The zero-order chi connectivity index (χ0) is 20.1. The van der Waals surface area contributed by atoms with Crippen LogP contribution in [-0.4, -0.2) is 42.6 Å². The zero-order valence-electron chi connectivity index (χ0n) is 17.3. The fraction of sp³-hybridized carbons (Fsp3) is 0.500. The number of nitrogens with zero attached hydrogens (tertiary/aromatic N) is 3. The fourth-order valence-electron chi connectivity index (χ4n) is 3.58. The number of benzene rings is 1. The average Bonchev–Trinajstić information content (AvgIpc) is 2.67. The van der Waals surface area contributed by atoms with Crippen molar-refractivity contribution in [2.75, 3.05) is 30.9 Å². The third-order valence-electron chi connectivity index (χ3n) is 5.34. The molecule has 1 aliphatic carbocycles. The Hall–Kier alpha value is -2.63. The van der Waals surface area contributed by atoms with Gasteiger partial charge in [-0.1, -0.05) is 17.7 Å². The minimum atomic E-state index is 0.0333. The van der Waals surface area contributed by atoms with Crippen molar-refractivity contribution < 1.29 is 4.79 Å². The van der Waals surface area contributed by atoms with E-state index in [0.29, 0.717) is 11.9 Å². The fourth-order valence-corrected chi connectivity index (χ4v) is 3.58. The number of aromatic nitrogens is 2. The van der Waals surface area contributed by atoms with Crippen molar-refractivity contribution in [3.8, 4) is 0 Å². The Bertz CT molecular complexity index is 795. The van der Waals surface area contributed by atoms with Gasteiger partial charge in [-0.15, -0.1) is 0 Å². The van der Waals surface area contributed by atoms with Crippen LogP contribution in [0.2, 0.25) is 0 Å². The second-order valence-corrected chi connectivity index (χ2v) is 8.02. The molecule has 3 rings (SSSR count). The Morgan fingerprint density at radius 2 is 1.75 bits per heavy atom. The summed E-state index contributed by atoms with van der Waals surface area (Å²) in [6.45, 7) is 4.89. The summed E-state index contributed by atoms with van der Waals surface area (Å²) >= 11 is 0. The van der Waals surface area contributed by atoms with Crippen LogP contribution in [-0.2, 0) is 0 Å². The van der Waals surface area contributed by atoms with E-state index in [2.05, 4.69) is 20.6 Å². The van der Waals surface area contributed by atoms with E-state index in [1.165, 1.54) is 5.56 Å². The molecular weight excluding hydrogens is 350 g/mol. The second-order valence-electron chi connectivity index (χ2n) is 8.02. The molecule has 28 heavy (non-hydrogen) atoms. The summed E-state index contributed by atoms with van der Waals surface area (Å²) in [4.78, 5) is 23.4. The van der Waals surface area contributed by atoms with E-state index in [1.54, 1.807) is 0 Å². The van der Waals surface area contributed by atoms with Gasteiger partial charge in [0.15, 0.2) is 0 Å².